The maximum absolute atomic E-state index is 13.2. The summed E-state index contributed by atoms with van der Waals surface area (Å²) in [6.07, 6.45) is 3.88. The molecule has 1 saturated heterocycles. The minimum atomic E-state index is -0.224. The molecule has 4 rings (SSSR count). The third-order valence-corrected chi connectivity index (χ3v) is 5.14. The minimum Gasteiger partial charge on any atom is -0.412 e. The number of halogens is 1. The van der Waals surface area contributed by atoms with Crippen LogP contribution in [0.25, 0.3) is 11.2 Å². The lowest BCUT2D eigenvalue weighted by Gasteiger charge is -2.32. The number of likely N-dealkylation sites (tertiary alicyclic amines) is 1. The number of nitrogens with zero attached hydrogens (tertiary/aromatic N) is 4. The molecule has 0 atom stereocenters. The van der Waals surface area contributed by atoms with E-state index in [2.05, 4.69) is 19.8 Å². The Morgan fingerprint density at radius 3 is 2.61 bits per heavy atom. The van der Waals surface area contributed by atoms with Gasteiger partial charge in [0, 0.05) is 38.4 Å². The standard InChI is InChI=1S/C20H25FN6.H2O/c21-16-5-3-15(4-6-16)14-27-18-2-1-10-23-19(18)25-20(27)24-17-7-11-26(12-8-17)13-9-22;/h1-6,10,17H,7-9,11-14,22H2,(H,23,24,25);1H2. The van der Waals surface area contributed by atoms with Crippen LogP contribution in [0.1, 0.15) is 18.4 Å². The van der Waals surface area contributed by atoms with Crippen LogP contribution in [0.5, 0.6) is 0 Å². The fourth-order valence-corrected chi connectivity index (χ4v) is 3.67. The molecular weight excluding hydrogens is 359 g/mol. The molecule has 2 aromatic heterocycles. The highest BCUT2D eigenvalue weighted by Gasteiger charge is 2.21. The molecule has 5 N–H and O–H groups in total. The van der Waals surface area contributed by atoms with Crippen LogP contribution in [-0.4, -0.2) is 57.1 Å². The second kappa shape index (κ2) is 9.09. The van der Waals surface area contributed by atoms with Crippen molar-refractivity contribution < 1.29 is 9.87 Å². The lowest BCUT2D eigenvalue weighted by molar-refractivity contribution is 0.224. The van der Waals surface area contributed by atoms with Crippen molar-refractivity contribution in [2.24, 2.45) is 5.73 Å². The summed E-state index contributed by atoms with van der Waals surface area (Å²) in [6, 6.07) is 10.9. The van der Waals surface area contributed by atoms with Crippen LogP contribution in [0, 0.1) is 5.82 Å². The van der Waals surface area contributed by atoms with Gasteiger partial charge in [-0.15, -0.1) is 0 Å². The number of pyridine rings is 1. The number of benzene rings is 1. The molecule has 0 saturated carbocycles. The van der Waals surface area contributed by atoms with E-state index in [9.17, 15) is 4.39 Å². The van der Waals surface area contributed by atoms with Gasteiger partial charge in [-0.25, -0.2) is 9.37 Å². The first kappa shape index (κ1) is 20.2. The largest absolute Gasteiger partial charge is 0.412 e. The van der Waals surface area contributed by atoms with E-state index in [-0.39, 0.29) is 11.3 Å². The Kier molecular flexibility index (Phi) is 6.56. The SMILES string of the molecule is NCCN1CCC(Nc2nc3ncccc3n2Cc2ccc(F)cc2)CC1.O. The van der Waals surface area contributed by atoms with E-state index in [0.717, 1.165) is 55.2 Å². The summed E-state index contributed by atoms with van der Waals surface area (Å²) in [4.78, 5) is 11.5. The van der Waals surface area contributed by atoms with E-state index >= 15 is 0 Å². The van der Waals surface area contributed by atoms with Crippen molar-refractivity contribution in [1.29, 1.82) is 0 Å². The van der Waals surface area contributed by atoms with Gasteiger partial charge >= 0.3 is 0 Å². The second-order valence-electron chi connectivity index (χ2n) is 7.04. The van der Waals surface area contributed by atoms with Crippen LogP contribution in [0.2, 0.25) is 0 Å². The highest BCUT2D eigenvalue weighted by atomic mass is 19.1. The smallest absolute Gasteiger partial charge is 0.205 e. The Labute approximate surface area is 163 Å². The maximum Gasteiger partial charge on any atom is 0.205 e. The quantitative estimate of drug-likeness (QED) is 0.670. The normalized spacial score (nSPS) is 15.5. The molecule has 0 bridgehead atoms. The van der Waals surface area contributed by atoms with E-state index in [1.807, 2.05) is 24.3 Å². The summed E-state index contributed by atoms with van der Waals surface area (Å²) in [5.41, 5.74) is 8.39. The van der Waals surface area contributed by atoms with Gasteiger partial charge in [0.05, 0.1) is 12.1 Å². The zero-order valence-corrected chi connectivity index (χ0v) is 15.8. The molecule has 150 valence electrons. The zero-order valence-electron chi connectivity index (χ0n) is 15.8. The number of piperidine rings is 1. The van der Waals surface area contributed by atoms with Crippen molar-refractivity contribution in [3.05, 3.63) is 54.0 Å². The summed E-state index contributed by atoms with van der Waals surface area (Å²) < 4.78 is 15.4. The Morgan fingerprint density at radius 2 is 1.89 bits per heavy atom. The lowest BCUT2D eigenvalue weighted by Crippen LogP contribution is -2.41. The first-order chi connectivity index (χ1) is 13.2. The maximum atomic E-state index is 13.2. The molecular formula is C20H27FN6O. The first-order valence-electron chi connectivity index (χ1n) is 9.47. The number of anilines is 1. The fraction of sp³-hybridized carbons (Fsp3) is 0.400. The van der Waals surface area contributed by atoms with Gasteiger partial charge in [-0.3, -0.25) is 0 Å². The monoisotopic (exact) mass is 386 g/mol. The molecule has 1 aliphatic heterocycles. The van der Waals surface area contributed by atoms with Crippen molar-refractivity contribution in [1.82, 2.24) is 19.4 Å². The van der Waals surface area contributed by atoms with E-state index in [4.69, 9.17) is 10.7 Å². The van der Waals surface area contributed by atoms with Crippen LogP contribution in [0.15, 0.2) is 42.6 Å². The molecule has 7 nitrogen and oxygen atoms in total. The summed E-state index contributed by atoms with van der Waals surface area (Å²) in [5, 5.41) is 3.61. The van der Waals surface area contributed by atoms with Gasteiger partial charge in [-0.05, 0) is 42.7 Å². The van der Waals surface area contributed by atoms with Crippen molar-refractivity contribution in [2.75, 3.05) is 31.5 Å². The van der Waals surface area contributed by atoms with Crippen LogP contribution in [-0.2, 0) is 6.54 Å². The highest BCUT2D eigenvalue weighted by molar-refractivity contribution is 5.74. The average molecular weight is 386 g/mol. The van der Waals surface area contributed by atoms with Gasteiger partial charge in [0.2, 0.25) is 5.95 Å². The predicted octanol–water partition coefficient (Wildman–Crippen LogP) is 1.63. The van der Waals surface area contributed by atoms with Crippen LogP contribution in [0.4, 0.5) is 10.3 Å². The lowest BCUT2D eigenvalue weighted by atomic mass is 10.1. The van der Waals surface area contributed by atoms with Crippen LogP contribution in [0.3, 0.4) is 0 Å². The Hall–Kier alpha value is -2.55. The van der Waals surface area contributed by atoms with E-state index < -0.39 is 0 Å². The Balaban J connectivity index is 0.00000225. The van der Waals surface area contributed by atoms with Gasteiger partial charge in [0.1, 0.15) is 5.82 Å². The van der Waals surface area contributed by atoms with Gasteiger partial charge < -0.3 is 26.0 Å². The van der Waals surface area contributed by atoms with Gasteiger partial charge in [-0.2, -0.15) is 4.98 Å². The molecule has 0 aliphatic carbocycles. The van der Waals surface area contributed by atoms with E-state index in [1.165, 1.54) is 12.1 Å². The molecule has 0 unspecified atom stereocenters. The van der Waals surface area contributed by atoms with E-state index in [1.54, 1.807) is 6.20 Å². The van der Waals surface area contributed by atoms with Crippen molar-refractivity contribution in [3.8, 4) is 0 Å². The summed E-state index contributed by atoms with van der Waals surface area (Å²) in [7, 11) is 0. The van der Waals surface area contributed by atoms with E-state index in [0.29, 0.717) is 19.1 Å². The molecule has 0 radical (unpaired) electrons. The Bertz CT molecular complexity index is 889. The van der Waals surface area contributed by atoms with Crippen molar-refractivity contribution in [3.63, 3.8) is 0 Å². The molecule has 1 fully saturated rings. The third kappa shape index (κ3) is 4.46. The molecule has 1 aromatic carbocycles. The number of nitrogens with one attached hydrogen (secondary N) is 1. The van der Waals surface area contributed by atoms with Crippen LogP contribution >= 0.6 is 0 Å². The molecule has 3 aromatic rings. The number of hydrogen-bond donors (Lipinski definition) is 2. The number of fused-ring (bicyclic) bond motifs is 1. The van der Waals surface area contributed by atoms with Crippen LogP contribution < -0.4 is 11.1 Å². The number of aromatic nitrogens is 3. The summed E-state index contributed by atoms with van der Waals surface area (Å²) in [5.74, 6) is 0.601. The predicted molar refractivity (Wildman–Crippen MR) is 109 cm³/mol. The number of hydrogen-bond acceptors (Lipinski definition) is 5. The number of imidazole rings is 1. The zero-order chi connectivity index (χ0) is 18.6. The Morgan fingerprint density at radius 1 is 1.14 bits per heavy atom. The second-order valence-corrected chi connectivity index (χ2v) is 7.04. The summed E-state index contributed by atoms with van der Waals surface area (Å²) >= 11 is 0. The average Bonchev–Trinajstić information content (AvgIpc) is 3.02. The van der Waals surface area contributed by atoms with Crippen molar-refractivity contribution >= 4 is 17.1 Å². The fourth-order valence-electron chi connectivity index (χ4n) is 3.67. The molecule has 0 amide bonds. The molecule has 0 spiro atoms. The van der Waals surface area contributed by atoms with Gasteiger partial charge in [0.25, 0.3) is 0 Å². The molecule has 28 heavy (non-hydrogen) atoms. The molecule has 1 aliphatic rings. The third-order valence-electron chi connectivity index (χ3n) is 5.14. The highest BCUT2D eigenvalue weighted by Crippen LogP contribution is 2.22. The topological polar surface area (TPSA) is 104 Å². The first-order valence-corrected chi connectivity index (χ1v) is 9.47. The number of rotatable bonds is 6. The van der Waals surface area contributed by atoms with Gasteiger partial charge in [-0.1, -0.05) is 12.1 Å². The molecule has 8 heteroatoms. The molecule has 3 heterocycles. The van der Waals surface area contributed by atoms with Gasteiger partial charge in [0.15, 0.2) is 5.65 Å². The minimum absolute atomic E-state index is 0. The number of nitrogens with two attached hydrogens (primary N) is 1. The van der Waals surface area contributed by atoms with Crippen molar-refractivity contribution in [2.45, 2.75) is 25.4 Å². The summed E-state index contributed by atoms with van der Waals surface area (Å²) in [6.45, 7) is 4.38.